The highest BCUT2D eigenvalue weighted by Crippen LogP contribution is 2.16. The van der Waals surface area contributed by atoms with Gasteiger partial charge >= 0.3 is 0 Å². The van der Waals surface area contributed by atoms with E-state index in [0.717, 1.165) is 24.9 Å². The zero-order valence-electron chi connectivity index (χ0n) is 11.5. The maximum atomic E-state index is 12.2. The smallest absolute Gasteiger partial charge is 0.236 e. The Bertz CT molecular complexity index is 408. The summed E-state index contributed by atoms with van der Waals surface area (Å²) >= 11 is 0. The minimum absolute atomic E-state index is 0.115. The first-order chi connectivity index (χ1) is 9.20. The van der Waals surface area contributed by atoms with E-state index < -0.39 is 0 Å². The SMILES string of the molecule is CN(Cc1ccccc1)C(=O)CN1CCC[C@@H]1CO. The summed E-state index contributed by atoms with van der Waals surface area (Å²) in [5.74, 6) is 0.115. The molecule has 0 aliphatic carbocycles. The largest absolute Gasteiger partial charge is 0.395 e. The van der Waals surface area contributed by atoms with Gasteiger partial charge in [0.15, 0.2) is 0 Å². The lowest BCUT2D eigenvalue weighted by Gasteiger charge is -2.25. The second kappa shape index (κ2) is 6.68. The van der Waals surface area contributed by atoms with Gasteiger partial charge < -0.3 is 10.0 Å². The van der Waals surface area contributed by atoms with E-state index in [9.17, 15) is 9.90 Å². The molecule has 0 spiro atoms. The Morgan fingerprint density at radius 1 is 1.42 bits per heavy atom. The van der Waals surface area contributed by atoms with E-state index in [1.54, 1.807) is 4.90 Å². The third kappa shape index (κ3) is 3.78. The molecule has 19 heavy (non-hydrogen) atoms. The van der Waals surface area contributed by atoms with Crippen molar-refractivity contribution >= 4 is 5.91 Å². The van der Waals surface area contributed by atoms with Crippen molar-refractivity contribution in [3.05, 3.63) is 35.9 Å². The van der Waals surface area contributed by atoms with Crippen molar-refractivity contribution in [2.75, 3.05) is 26.7 Å². The van der Waals surface area contributed by atoms with Crippen molar-refractivity contribution in [3.8, 4) is 0 Å². The Morgan fingerprint density at radius 3 is 2.84 bits per heavy atom. The Kier molecular flexibility index (Phi) is 4.93. The van der Waals surface area contributed by atoms with E-state index in [1.807, 2.05) is 37.4 Å². The van der Waals surface area contributed by atoms with E-state index in [-0.39, 0.29) is 18.6 Å². The predicted octanol–water partition coefficient (Wildman–Crippen LogP) is 1.10. The number of amides is 1. The second-order valence-electron chi connectivity index (χ2n) is 5.18. The van der Waals surface area contributed by atoms with E-state index in [1.165, 1.54) is 0 Å². The van der Waals surface area contributed by atoms with Gasteiger partial charge in [-0.2, -0.15) is 0 Å². The van der Waals surface area contributed by atoms with Gasteiger partial charge in [0.25, 0.3) is 0 Å². The summed E-state index contributed by atoms with van der Waals surface area (Å²) in [6.07, 6.45) is 2.06. The number of aliphatic hydroxyl groups is 1. The fourth-order valence-corrected chi connectivity index (χ4v) is 2.55. The van der Waals surface area contributed by atoms with Gasteiger partial charge in [-0.3, -0.25) is 9.69 Å². The molecule has 2 rings (SSSR count). The number of likely N-dealkylation sites (tertiary alicyclic amines) is 1. The lowest BCUT2D eigenvalue weighted by Crippen LogP contribution is -2.41. The summed E-state index contributed by atoms with van der Waals surface area (Å²) in [6.45, 7) is 2.11. The molecule has 1 aliphatic heterocycles. The Balaban J connectivity index is 1.85. The number of carbonyl (C=O) groups is 1. The number of hydrogen-bond donors (Lipinski definition) is 1. The molecule has 0 aromatic heterocycles. The maximum Gasteiger partial charge on any atom is 0.236 e. The van der Waals surface area contributed by atoms with Crippen LogP contribution in [0.1, 0.15) is 18.4 Å². The van der Waals surface area contributed by atoms with E-state index in [4.69, 9.17) is 0 Å². The topological polar surface area (TPSA) is 43.8 Å². The zero-order chi connectivity index (χ0) is 13.7. The van der Waals surface area contributed by atoms with Gasteiger partial charge in [-0.15, -0.1) is 0 Å². The first kappa shape index (κ1) is 14.0. The summed E-state index contributed by atoms with van der Waals surface area (Å²) in [4.78, 5) is 16.0. The molecule has 1 N–H and O–H groups in total. The molecule has 0 bridgehead atoms. The zero-order valence-corrected chi connectivity index (χ0v) is 11.5. The van der Waals surface area contributed by atoms with Crippen LogP contribution >= 0.6 is 0 Å². The third-order valence-electron chi connectivity index (χ3n) is 3.74. The van der Waals surface area contributed by atoms with Gasteiger partial charge in [0.2, 0.25) is 5.91 Å². The van der Waals surface area contributed by atoms with Crippen molar-refractivity contribution in [1.29, 1.82) is 0 Å². The van der Waals surface area contributed by atoms with Crippen molar-refractivity contribution in [2.24, 2.45) is 0 Å². The number of benzene rings is 1. The number of rotatable bonds is 5. The predicted molar refractivity (Wildman–Crippen MR) is 74.6 cm³/mol. The van der Waals surface area contributed by atoms with Gasteiger partial charge in [-0.1, -0.05) is 30.3 Å². The van der Waals surface area contributed by atoms with Gasteiger partial charge in [0, 0.05) is 19.6 Å². The van der Waals surface area contributed by atoms with Gasteiger partial charge in [0.05, 0.1) is 13.2 Å². The van der Waals surface area contributed by atoms with Crippen LogP contribution in [0.25, 0.3) is 0 Å². The van der Waals surface area contributed by atoms with Crippen LogP contribution in [0.15, 0.2) is 30.3 Å². The summed E-state index contributed by atoms with van der Waals surface area (Å²) in [7, 11) is 1.83. The Labute approximate surface area is 114 Å². The maximum absolute atomic E-state index is 12.2. The highest BCUT2D eigenvalue weighted by atomic mass is 16.3. The van der Waals surface area contributed by atoms with Crippen molar-refractivity contribution < 1.29 is 9.90 Å². The first-order valence-corrected chi connectivity index (χ1v) is 6.83. The van der Waals surface area contributed by atoms with Crippen molar-refractivity contribution in [2.45, 2.75) is 25.4 Å². The molecule has 1 fully saturated rings. The van der Waals surface area contributed by atoms with Gasteiger partial charge in [-0.05, 0) is 24.9 Å². The number of likely N-dealkylation sites (N-methyl/N-ethyl adjacent to an activating group) is 1. The van der Waals surface area contributed by atoms with Crippen LogP contribution in [0.2, 0.25) is 0 Å². The van der Waals surface area contributed by atoms with Crippen molar-refractivity contribution in [3.63, 3.8) is 0 Å². The number of hydrogen-bond acceptors (Lipinski definition) is 3. The van der Waals surface area contributed by atoms with E-state index >= 15 is 0 Å². The fourth-order valence-electron chi connectivity index (χ4n) is 2.55. The van der Waals surface area contributed by atoms with Crippen LogP contribution in [-0.4, -0.2) is 53.6 Å². The Morgan fingerprint density at radius 2 is 2.16 bits per heavy atom. The van der Waals surface area contributed by atoms with Crippen LogP contribution in [0, 0.1) is 0 Å². The van der Waals surface area contributed by atoms with Crippen LogP contribution in [0.4, 0.5) is 0 Å². The van der Waals surface area contributed by atoms with Gasteiger partial charge in [0.1, 0.15) is 0 Å². The number of aliphatic hydroxyl groups excluding tert-OH is 1. The molecule has 1 atom stereocenters. The molecule has 1 saturated heterocycles. The minimum Gasteiger partial charge on any atom is -0.395 e. The molecule has 1 aromatic rings. The van der Waals surface area contributed by atoms with Crippen LogP contribution in [-0.2, 0) is 11.3 Å². The normalized spacial score (nSPS) is 19.6. The summed E-state index contributed by atoms with van der Waals surface area (Å²) in [5, 5.41) is 9.26. The lowest BCUT2D eigenvalue weighted by molar-refractivity contribution is -0.132. The molecule has 0 unspecified atom stereocenters. The molecule has 0 saturated carbocycles. The summed E-state index contributed by atoms with van der Waals surface area (Å²) < 4.78 is 0. The summed E-state index contributed by atoms with van der Waals surface area (Å²) in [6, 6.07) is 10.1. The summed E-state index contributed by atoms with van der Waals surface area (Å²) in [5.41, 5.74) is 1.14. The standard InChI is InChI=1S/C15H22N2O2/c1-16(10-13-6-3-2-4-7-13)15(19)11-17-9-5-8-14(17)12-18/h2-4,6-7,14,18H,5,8-12H2,1H3/t14-/m1/s1. The number of nitrogens with zero attached hydrogens (tertiary/aromatic N) is 2. The molecule has 1 aromatic carbocycles. The molecular weight excluding hydrogens is 240 g/mol. The van der Waals surface area contributed by atoms with Crippen LogP contribution in [0.5, 0.6) is 0 Å². The monoisotopic (exact) mass is 262 g/mol. The van der Waals surface area contributed by atoms with E-state index in [2.05, 4.69) is 4.90 Å². The molecular formula is C15H22N2O2. The second-order valence-corrected chi connectivity index (χ2v) is 5.18. The highest BCUT2D eigenvalue weighted by molar-refractivity contribution is 5.78. The molecule has 0 radical (unpaired) electrons. The average molecular weight is 262 g/mol. The van der Waals surface area contributed by atoms with Crippen LogP contribution < -0.4 is 0 Å². The average Bonchev–Trinajstić information content (AvgIpc) is 2.87. The molecule has 1 heterocycles. The van der Waals surface area contributed by atoms with Crippen molar-refractivity contribution in [1.82, 2.24) is 9.80 Å². The van der Waals surface area contributed by atoms with Crippen LogP contribution in [0.3, 0.4) is 0 Å². The highest BCUT2D eigenvalue weighted by Gasteiger charge is 2.26. The third-order valence-corrected chi connectivity index (χ3v) is 3.74. The quantitative estimate of drug-likeness (QED) is 0.864. The van der Waals surface area contributed by atoms with Gasteiger partial charge in [-0.25, -0.2) is 0 Å². The molecule has 4 heteroatoms. The molecule has 4 nitrogen and oxygen atoms in total. The Hall–Kier alpha value is -1.39. The minimum atomic E-state index is 0.115. The lowest BCUT2D eigenvalue weighted by atomic mass is 10.2. The first-order valence-electron chi connectivity index (χ1n) is 6.83. The molecule has 104 valence electrons. The fraction of sp³-hybridized carbons (Fsp3) is 0.533. The molecule has 1 amide bonds. The number of carbonyl (C=O) groups excluding carboxylic acids is 1. The van der Waals surface area contributed by atoms with E-state index in [0.29, 0.717) is 13.1 Å². The molecule has 1 aliphatic rings.